The van der Waals surface area contributed by atoms with Gasteiger partial charge in [-0.3, -0.25) is 9.59 Å². The number of hydrogen-bond donors (Lipinski definition) is 2. The third-order valence-corrected chi connectivity index (χ3v) is 4.07. The molecular weight excluding hydrogens is 362 g/mol. The predicted octanol–water partition coefficient (Wildman–Crippen LogP) is 2.83. The molecule has 8 heteroatoms. The molecule has 2 aromatic rings. The fraction of sp³-hybridized carbons (Fsp3) is 0.222. The molecule has 0 aliphatic heterocycles. The number of benzene rings is 2. The SMILES string of the molecule is O=C(CSCC(=O)Nc1ccccc1F)NCCOc1ccccc1F. The number of amides is 2. The van der Waals surface area contributed by atoms with E-state index in [-0.39, 0.29) is 42.0 Å². The van der Waals surface area contributed by atoms with Crippen molar-refractivity contribution in [1.82, 2.24) is 5.32 Å². The first kappa shape index (κ1) is 19.7. The summed E-state index contributed by atoms with van der Waals surface area (Å²) in [5.41, 5.74) is 0.104. The zero-order valence-electron chi connectivity index (χ0n) is 13.8. The highest BCUT2D eigenvalue weighted by atomic mass is 32.2. The minimum atomic E-state index is -0.515. The lowest BCUT2D eigenvalue weighted by molar-refractivity contribution is -0.118. The molecule has 0 saturated carbocycles. The number of para-hydroxylation sites is 2. The zero-order chi connectivity index (χ0) is 18.8. The second-order valence-corrected chi connectivity index (χ2v) is 6.14. The van der Waals surface area contributed by atoms with Crippen LogP contribution in [0, 0.1) is 11.6 Å². The molecule has 5 nitrogen and oxygen atoms in total. The number of carbonyl (C=O) groups is 2. The van der Waals surface area contributed by atoms with E-state index in [1.54, 1.807) is 18.2 Å². The number of rotatable bonds is 9. The van der Waals surface area contributed by atoms with E-state index in [1.165, 1.54) is 30.3 Å². The molecule has 0 fully saturated rings. The van der Waals surface area contributed by atoms with Crippen molar-refractivity contribution in [2.75, 3.05) is 30.0 Å². The van der Waals surface area contributed by atoms with E-state index < -0.39 is 17.5 Å². The standard InChI is InChI=1S/C18H18F2N2O3S/c19-13-5-1-3-7-15(13)22-18(24)12-26-11-17(23)21-9-10-25-16-8-4-2-6-14(16)20/h1-8H,9-12H2,(H,21,23)(H,22,24). The monoisotopic (exact) mass is 380 g/mol. The molecule has 0 spiro atoms. The number of anilines is 1. The summed E-state index contributed by atoms with van der Waals surface area (Å²) >= 11 is 1.10. The Bertz CT molecular complexity index is 759. The minimum Gasteiger partial charge on any atom is -0.489 e. The van der Waals surface area contributed by atoms with Crippen LogP contribution in [0.4, 0.5) is 14.5 Å². The Kier molecular flexibility index (Phi) is 7.88. The molecule has 0 bridgehead atoms. The summed E-state index contributed by atoms with van der Waals surface area (Å²) in [6.07, 6.45) is 0. The van der Waals surface area contributed by atoms with Gasteiger partial charge in [0.25, 0.3) is 0 Å². The van der Waals surface area contributed by atoms with Gasteiger partial charge < -0.3 is 15.4 Å². The van der Waals surface area contributed by atoms with Gasteiger partial charge in [0.15, 0.2) is 11.6 Å². The third-order valence-electron chi connectivity index (χ3n) is 3.13. The molecule has 0 aliphatic rings. The molecule has 0 radical (unpaired) electrons. The molecule has 0 saturated heterocycles. The Morgan fingerprint density at radius 2 is 1.58 bits per heavy atom. The summed E-state index contributed by atoms with van der Waals surface area (Å²) in [4.78, 5) is 23.4. The van der Waals surface area contributed by atoms with Crippen LogP contribution in [0.3, 0.4) is 0 Å². The normalized spacial score (nSPS) is 10.2. The number of carbonyl (C=O) groups excluding carboxylic acids is 2. The van der Waals surface area contributed by atoms with E-state index in [1.807, 2.05) is 0 Å². The van der Waals surface area contributed by atoms with E-state index in [0.29, 0.717) is 0 Å². The van der Waals surface area contributed by atoms with Crippen LogP contribution in [-0.2, 0) is 9.59 Å². The van der Waals surface area contributed by atoms with Crippen molar-refractivity contribution in [3.8, 4) is 5.75 Å². The van der Waals surface area contributed by atoms with Crippen molar-refractivity contribution in [2.24, 2.45) is 0 Å². The van der Waals surface area contributed by atoms with Crippen molar-refractivity contribution in [2.45, 2.75) is 0 Å². The van der Waals surface area contributed by atoms with Gasteiger partial charge >= 0.3 is 0 Å². The molecule has 0 atom stereocenters. The molecule has 0 aromatic heterocycles. The smallest absolute Gasteiger partial charge is 0.234 e. The lowest BCUT2D eigenvalue weighted by atomic mass is 10.3. The number of nitrogens with one attached hydrogen (secondary N) is 2. The highest BCUT2D eigenvalue weighted by Gasteiger charge is 2.08. The number of halogens is 2. The Balaban J connectivity index is 1.58. The van der Waals surface area contributed by atoms with E-state index in [4.69, 9.17) is 4.74 Å². The van der Waals surface area contributed by atoms with Crippen molar-refractivity contribution in [3.05, 3.63) is 60.2 Å². The molecule has 26 heavy (non-hydrogen) atoms. The molecule has 2 rings (SSSR count). The van der Waals surface area contributed by atoms with Gasteiger partial charge in [-0.15, -0.1) is 11.8 Å². The first-order chi connectivity index (χ1) is 12.6. The van der Waals surface area contributed by atoms with Gasteiger partial charge in [0.1, 0.15) is 12.4 Å². The zero-order valence-corrected chi connectivity index (χ0v) is 14.7. The predicted molar refractivity (Wildman–Crippen MR) is 97.3 cm³/mol. The topological polar surface area (TPSA) is 67.4 Å². The molecule has 2 N–H and O–H groups in total. The Hall–Kier alpha value is -2.61. The van der Waals surface area contributed by atoms with Crippen LogP contribution >= 0.6 is 11.8 Å². The van der Waals surface area contributed by atoms with Gasteiger partial charge in [0, 0.05) is 0 Å². The van der Waals surface area contributed by atoms with Crippen LogP contribution in [0.2, 0.25) is 0 Å². The van der Waals surface area contributed by atoms with E-state index in [0.717, 1.165) is 11.8 Å². The van der Waals surface area contributed by atoms with Gasteiger partial charge in [-0.2, -0.15) is 0 Å². The molecular formula is C18H18F2N2O3S. The van der Waals surface area contributed by atoms with Crippen LogP contribution in [0.1, 0.15) is 0 Å². The number of ether oxygens (including phenoxy) is 1. The average molecular weight is 380 g/mol. The average Bonchev–Trinajstić information content (AvgIpc) is 2.62. The minimum absolute atomic E-state index is 0.0213. The fourth-order valence-electron chi connectivity index (χ4n) is 1.95. The lowest BCUT2D eigenvalue weighted by Crippen LogP contribution is -2.30. The first-order valence-corrected chi connectivity index (χ1v) is 8.98. The van der Waals surface area contributed by atoms with E-state index in [2.05, 4.69) is 10.6 Å². The Labute approximate surface area is 154 Å². The summed E-state index contributed by atoms with van der Waals surface area (Å²) in [6, 6.07) is 11.9. The summed E-state index contributed by atoms with van der Waals surface area (Å²) in [7, 11) is 0. The maximum absolute atomic E-state index is 13.4. The van der Waals surface area contributed by atoms with Crippen molar-refractivity contribution >= 4 is 29.3 Å². The third kappa shape index (κ3) is 6.72. The van der Waals surface area contributed by atoms with Crippen LogP contribution in [-0.4, -0.2) is 36.5 Å². The van der Waals surface area contributed by atoms with E-state index >= 15 is 0 Å². The molecule has 138 valence electrons. The van der Waals surface area contributed by atoms with Crippen molar-refractivity contribution in [1.29, 1.82) is 0 Å². The number of hydrogen-bond acceptors (Lipinski definition) is 4. The van der Waals surface area contributed by atoms with Gasteiger partial charge in [-0.05, 0) is 24.3 Å². The summed E-state index contributed by atoms with van der Waals surface area (Å²) < 4.78 is 31.9. The molecule has 2 aromatic carbocycles. The van der Waals surface area contributed by atoms with E-state index in [9.17, 15) is 18.4 Å². The van der Waals surface area contributed by atoms with Crippen molar-refractivity contribution in [3.63, 3.8) is 0 Å². The molecule has 2 amide bonds. The van der Waals surface area contributed by atoms with Crippen LogP contribution < -0.4 is 15.4 Å². The maximum Gasteiger partial charge on any atom is 0.234 e. The fourth-order valence-corrected chi connectivity index (χ4v) is 2.60. The van der Waals surface area contributed by atoms with Gasteiger partial charge in [0.05, 0.1) is 23.7 Å². The Morgan fingerprint density at radius 1 is 0.923 bits per heavy atom. The second-order valence-electron chi connectivity index (χ2n) is 5.15. The van der Waals surface area contributed by atoms with Crippen LogP contribution in [0.25, 0.3) is 0 Å². The van der Waals surface area contributed by atoms with Crippen LogP contribution in [0.15, 0.2) is 48.5 Å². The largest absolute Gasteiger partial charge is 0.489 e. The van der Waals surface area contributed by atoms with Gasteiger partial charge in [0.2, 0.25) is 11.8 Å². The molecule has 0 heterocycles. The highest BCUT2D eigenvalue weighted by molar-refractivity contribution is 8.00. The summed E-state index contributed by atoms with van der Waals surface area (Å²) in [5, 5.41) is 5.04. The summed E-state index contributed by atoms with van der Waals surface area (Å²) in [6.45, 7) is 0.347. The maximum atomic E-state index is 13.4. The second kappa shape index (κ2) is 10.4. The van der Waals surface area contributed by atoms with Crippen molar-refractivity contribution < 1.29 is 23.1 Å². The van der Waals surface area contributed by atoms with Crippen LogP contribution in [0.5, 0.6) is 5.75 Å². The Morgan fingerprint density at radius 3 is 2.31 bits per heavy atom. The van der Waals surface area contributed by atoms with Gasteiger partial charge in [-0.25, -0.2) is 8.78 Å². The first-order valence-electron chi connectivity index (χ1n) is 7.82. The molecule has 0 unspecified atom stereocenters. The molecule has 0 aliphatic carbocycles. The highest BCUT2D eigenvalue weighted by Crippen LogP contribution is 2.15. The van der Waals surface area contributed by atoms with Gasteiger partial charge in [-0.1, -0.05) is 24.3 Å². The number of thioether (sulfide) groups is 1. The quantitative estimate of drug-likeness (QED) is 0.657. The summed E-state index contributed by atoms with van der Waals surface area (Å²) in [5.74, 6) is -1.42. The lowest BCUT2D eigenvalue weighted by Gasteiger charge is -2.08.